The zero-order valence-corrected chi connectivity index (χ0v) is 20.8. The number of amides is 1. The topological polar surface area (TPSA) is 85.2 Å². The number of hydrogen-bond donors (Lipinski definition) is 2. The number of carbonyl (C=O) groups is 1. The van der Waals surface area contributed by atoms with Crippen LogP contribution in [0.3, 0.4) is 0 Å². The fraction of sp³-hybridized carbons (Fsp3) is 0.250. The van der Waals surface area contributed by atoms with Crippen molar-refractivity contribution in [3.63, 3.8) is 0 Å². The van der Waals surface area contributed by atoms with Crippen molar-refractivity contribution < 1.29 is 13.9 Å². The maximum Gasteiger partial charge on any atom is 0.262 e. The van der Waals surface area contributed by atoms with Gasteiger partial charge in [-0.1, -0.05) is 24.3 Å². The second-order valence-corrected chi connectivity index (χ2v) is 8.86. The third kappa shape index (κ3) is 5.28. The summed E-state index contributed by atoms with van der Waals surface area (Å²) in [5.41, 5.74) is 2.58. The minimum Gasteiger partial charge on any atom is -0.497 e. The first-order valence-electron chi connectivity index (χ1n) is 11.7. The van der Waals surface area contributed by atoms with E-state index < -0.39 is 0 Å². The van der Waals surface area contributed by atoms with Crippen LogP contribution in [0.4, 0.5) is 4.39 Å². The number of carbonyl (C=O) groups excluding carboxylic acids is 1. The minimum absolute atomic E-state index is 0.0821. The first kappa shape index (κ1) is 25.1. The summed E-state index contributed by atoms with van der Waals surface area (Å²) in [6.45, 7) is 4.09. The van der Waals surface area contributed by atoms with Gasteiger partial charge in [-0.25, -0.2) is 9.37 Å². The van der Waals surface area contributed by atoms with E-state index in [0.717, 1.165) is 5.56 Å². The number of aromatic nitrogens is 2. The monoisotopic (exact) mass is 488 g/mol. The van der Waals surface area contributed by atoms with E-state index in [1.165, 1.54) is 10.6 Å². The molecule has 0 spiro atoms. The molecule has 0 aliphatic carbocycles. The standard InChI is InChI=1S/C28H29FN4O3/c1-17(2)31-26(34)16-33-27(20-6-5-7-21(13-20)36-4)32-25-11-9-19(14-23(25)28(33)35)22-12-18(15-30-3)8-10-24(22)29/h5-14,17,30H,15-16H2,1-4H3,(H,31,34). The van der Waals surface area contributed by atoms with Crippen molar-refractivity contribution in [1.29, 1.82) is 0 Å². The Kier molecular flexibility index (Phi) is 7.45. The predicted molar refractivity (Wildman–Crippen MR) is 139 cm³/mol. The molecule has 8 heteroatoms. The summed E-state index contributed by atoms with van der Waals surface area (Å²) in [5.74, 6) is 0.263. The van der Waals surface area contributed by atoms with Crippen LogP contribution in [0, 0.1) is 5.82 Å². The average Bonchev–Trinajstić information content (AvgIpc) is 2.86. The largest absolute Gasteiger partial charge is 0.497 e. The lowest BCUT2D eigenvalue weighted by atomic mass is 10.0. The summed E-state index contributed by atoms with van der Waals surface area (Å²) in [6, 6.07) is 17.1. The van der Waals surface area contributed by atoms with E-state index in [-0.39, 0.29) is 29.9 Å². The van der Waals surface area contributed by atoms with Gasteiger partial charge < -0.3 is 15.4 Å². The van der Waals surface area contributed by atoms with Crippen LogP contribution in [0.25, 0.3) is 33.4 Å². The smallest absolute Gasteiger partial charge is 0.262 e. The molecule has 0 aliphatic rings. The molecule has 0 fully saturated rings. The third-order valence-corrected chi connectivity index (χ3v) is 5.76. The molecule has 0 saturated carbocycles. The molecule has 1 amide bonds. The van der Waals surface area contributed by atoms with Gasteiger partial charge in [-0.2, -0.15) is 0 Å². The predicted octanol–water partition coefficient (Wildman–Crippen LogP) is 4.12. The van der Waals surface area contributed by atoms with Crippen molar-refractivity contribution >= 4 is 16.8 Å². The number of ether oxygens (including phenoxy) is 1. The quantitative estimate of drug-likeness (QED) is 0.390. The van der Waals surface area contributed by atoms with Crippen molar-refractivity contribution in [1.82, 2.24) is 20.2 Å². The lowest BCUT2D eigenvalue weighted by Gasteiger charge is -2.16. The lowest BCUT2D eigenvalue weighted by Crippen LogP contribution is -2.37. The normalized spacial score (nSPS) is 11.2. The molecule has 0 saturated heterocycles. The number of halogens is 1. The molecule has 4 rings (SSSR count). The van der Waals surface area contributed by atoms with Crippen LogP contribution in [0.1, 0.15) is 19.4 Å². The van der Waals surface area contributed by atoms with Gasteiger partial charge in [-0.05, 0) is 68.4 Å². The van der Waals surface area contributed by atoms with Gasteiger partial charge in [0.25, 0.3) is 5.56 Å². The van der Waals surface area contributed by atoms with Crippen LogP contribution >= 0.6 is 0 Å². The number of benzene rings is 3. The molecule has 3 aromatic carbocycles. The summed E-state index contributed by atoms with van der Waals surface area (Å²) in [6.07, 6.45) is 0. The Balaban J connectivity index is 1.91. The molecule has 0 atom stereocenters. The van der Waals surface area contributed by atoms with Gasteiger partial charge in [0.2, 0.25) is 5.91 Å². The van der Waals surface area contributed by atoms with E-state index in [4.69, 9.17) is 9.72 Å². The number of nitrogens with zero attached hydrogens (tertiary/aromatic N) is 2. The van der Waals surface area contributed by atoms with Gasteiger partial charge in [0.15, 0.2) is 0 Å². The van der Waals surface area contributed by atoms with Gasteiger partial charge in [-0.15, -0.1) is 0 Å². The van der Waals surface area contributed by atoms with Gasteiger partial charge in [0, 0.05) is 23.7 Å². The van der Waals surface area contributed by atoms with Crippen molar-refractivity contribution in [3.05, 3.63) is 82.4 Å². The van der Waals surface area contributed by atoms with Crippen LogP contribution in [-0.2, 0) is 17.9 Å². The Morgan fingerprint density at radius 1 is 1.08 bits per heavy atom. The Morgan fingerprint density at radius 3 is 2.61 bits per heavy atom. The van der Waals surface area contributed by atoms with E-state index in [1.807, 2.05) is 27.0 Å². The molecular formula is C28H29FN4O3. The van der Waals surface area contributed by atoms with Crippen LogP contribution in [0.15, 0.2) is 65.5 Å². The molecule has 4 aromatic rings. The van der Waals surface area contributed by atoms with Crippen molar-refractivity contribution in [2.75, 3.05) is 14.2 Å². The molecule has 0 unspecified atom stereocenters. The molecule has 36 heavy (non-hydrogen) atoms. The molecule has 0 radical (unpaired) electrons. The lowest BCUT2D eigenvalue weighted by molar-refractivity contribution is -0.122. The first-order chi connectivity index (χ1) is 17.3. The van der Waals surface area contributed by atoms with Gasteiger partial charge in [-0.3, -0.25) is 14.2 Å². The van der Waals surface area contributed by atoms with E-state index in [2.05, 4.69) is 10.6 Å². The first-order valence-corrected chi connectivity index (χ1v) is 11.7. The summed E-state index contributed by atoms with van der Waals surface area (Å²) >= 11 is 0. The minimum atomic E-state index is -0.384. The van der Waals surface area contributed by atoms with E-state index in [9.17, 15) is 14.0 Å². The highest BCUT2D eigenvalue weighted by atomic mass is 19.1. The zero-order valence-electron chi connectivity index (χ0n) is 20.8. The summed E-state index contributed by atoms with van der Waals surface area (Å²) in [5, 5.41) is 6.18. The number of methoxy groups -OCH3 is 1. The maximum atomic E-state index is 14.7. The third-order valence-electron chi connectivity index (χ3n) is 5.76. The Morgan fingerprint density at radius 2 is 1.89 bits per heavy atom. The Labute approximate surface area is 208 Å². The van der Waals surface area contributed by atoms with Gasteiger partial charge >= 0.3 is 0 Å². The highest BCUT2D eigenvalue weighted by Gasteiger charge is 2.18. The fourth-order valence-corrected chi connectivity index (χ4v) is 4.14. The fourth-order valence-electron chi connectivity index (χ4n) is 4.14. The SMILES string of the molecule is CNCc1ccc(F)c(-c2ccc3nc(-c4cccc(OC)c4)n(CC(=O)NC(C)C)c(=O)c3c2)c1. The molecule has 7 nitrogen and oxygen atoms in total. The summed E-state index contributed by atoms with van der Waals surface area (Å²) in [4.78, 5) is 31.2. The van der Waals surface area contributed by atoms with Gasteiger partial charge in [0.05, 0.1) is 18.0 Å². The average molecular weight is 489 g/mol. The molecular weight excluding hydrogens is 459 g/mol. The van der Waals surface area contributed by atoms with Crippen molar-refractivity contribution in [2.24, 2.45) is 0 Å². The highest BCUT2D eigenvalue weighted by Crippen LogP contribution is 2.28. The van der Waals surface area contributed by atoms with Crippen LogP contribution in [0.2, 0.25) is 0 Å². The molecule has 2 N–H and O–H groups in total. The van der Waals surface area contributed by atoms with Crippen molar-refractivity contribution in [3.8, 4) is 28.3 Å². The Hall–Kier alpha value is -4.04. The molecule has 0 bridgehead atoms. The van der Waals surface area contributed by atoms with E-state index in [1.54, 1.807) is 55.6 Å². The molecule has 1 heterocycles. The van der Waals surface area contributed by atoms with E-state index >= 15 is 0 Å². The second-order valence-electron chi connectivity index (χ2n) is 8.86. The van der Waals surface area contributed by atoms with Gasteiger partial charge in [0.1, 0.15) is 23.9 Å². The zero-order chi connectivity index (χ0) is 25.8. The molecule has 1 aromatic heterocycles. The van der Waals surface area contributed by atoms with Crippen molar-refractivity contribution in [2.45, 2.75) is 33.0 Å². The maximum absolute atomic E-state index is 14.7. The van der Waals surface area contributed by atoms with Crippen LogP contribution in [0.5, 0.6) is 5.75 Å². The Bertz CT molecular complexity index is 1480. The summed E-state index contributed by atoms with van der Waals surface area (Å²) < 4.78 is 21.4. The van der Waals surface area contributed by atoms with Crippen LogP contribution in [-0.4, -0.2) is 35.7 Å². The second kappa shape index (κ2) is 10.7. The summed E-state index contributed by atoms with van der Waals surface area (Å²) in [7, 11) is 3.38. The number of fused-ring (bicyclic) bond motifs is 1. The molecule has 186 valence electrons. The number of hydrogen-bond acceptors (Lipinski definition) is 5. The molecule has 0 aliphatic heterocycles. The van der Waals surface area contributed by atoms with E-state index in [0.29, 0.717) is 45.7 Å². The highest BCUT2D eigenvalue weighted by molar-refractivity contribution is 5.86. The van der Waals surface area contributed by atoms with Crippen LogP contribution < -0.4 is 20.9 Å². The number of rotatable bonds is 8. The number of nitrogens with one attached hydrogen (secondary N) is 2.